The molecule has 1 saturated carbocycles. The predicted molar refractivity (Wildman–Crippen MR) is 81.5 cm³/mol. The SMILES string of the molecule is OC1CC(c2ccccc2C(F)(F)F)N(Cc2nc(C3CC3)no2)C1. The van der Waals surface area contributed by atoms with E-state index in [0.717, 1.165) is 18.9 Å². The molecule has 4 rings (SSSR count). The van der Waals surface area contributed by atoms with Crippen LogP contribution in [0, 0.1) is 0 Å². The van der Waals surface area contributed by atoms with E-state index in [1.54, 1.807) is 11.0 Å². The lowest BCUT2D eigenvalue weighted by Gasteiger charge is -2.25. The highest BCUT2D eigenvalue weighted by Gasteiger charge is 2.40. The van der Waals surface area contributed by atoms with E-state index >= 15 is 0 Å². The molecule has 2 heterocycles. The number of likely N-dealkylation sites (tertiary alicyclic amines) is 1. The minimum absolute atomic E-state index is 0.175. The first-order valence-corrected chi connectivity index (χ1v) is 8.32. The molecule has 1 aromatic heterocycles. The van der Waals surface area contributed by atoms with Crippen molar-refractivity contribution >= 4 is 0 Å². The smallest absolute Gasteiger partial charge is 0.392 e. The number of β-amino-alcohol motifs (C(OH)–C–C–N with tert-alkyl or cyclic N) is 1. The molecular weight excluding hydrogens is 335 g/mol. The summed E-state index contributed by atoms with van der Waals surface area (Å²) in [5.74, 6) is 1.40. The van der Waals surface area contributed by atoms with Gasteiger partial charge in [-0.15, -0.1) is 0 Å². The van der Waals surface area contributed by atoms with E-state index in [1.807, 2.05) is 0 Å². The summed E-state index contributed by atoms with van der Waals surface area (Å²) >= 11 is 0. The molecule has 0 spiro atoms. The van der Waals surface area contributed by atoms with Gasteiger partial charge in [-0.2, -0.15) is 18.2 Å². The molecule has 1 aliphatic carbocycles. The molecule has 1 aromatic carbocycles. The van der Waals surface area contributed by atoms with Crippen LogP contribution >= 0.6 is 0 Å². The summed E-state index contributed by atoms with van der Waals surface area (Å²) in [5, 5.41) is 14.0. The van der Waals surface area contributed by atoms with Gasteiger partial charge in [0.05, 0.1) is 18.2 Å². The average molecular weight is 353 g/mol. The van der Waals surface area contributed by atoms with Gasteiger partial charge in [0.25, 0.3) is 0 Å². The Morgan fingerprint density at radius 2 is 2.00 bits per heavy atom. The van der Waals surface area contributed by atoms with Gasteiger partial charge in [0.2, 0.25) is 5.89 Å². The number of hydrogen-bond donors (Lipinski definition) is 1. The zero-order valence-corrected chi connectivity index (χ0v) is 13.4. The summed E-state index contributed by atoms with van der Waals surface area (Å²) in [5.41, 5.74) is -0.489. The Kier molecular flexibility index (Phi) is 4.04. The molecule has 1 saturated heterocycles. The molecule has 1 aliphatic heterocycles. The predicted octanol–water partition coefficient (Wildman–Crippen LogP) is 3.27. The van der Waals surface area contributed by atoms with E-state index in [1.165, 1.54) is 12.1 Å². The van der Waals surface area contributed by atoms with Gasteiger partial charge < -0.3 is 9.63 Å². The molecule has 2 atom stereocenters. The van der Waals surface area contributed by atoms with E-state index in [2.05, 4.69) is 10.1 Å². The second kappa shape index (κ2) is 6.10. The van der Waals surface area contributed by atoms with Crippen molar-refractivity contribution in [2.75, 3.05) is 6.54 Å². The molecule has 134 valence electrons. The van der Waals surface area contributed by atoms with E-state index in [4.69, 9.17) is 4.52 Å². The Hall–Kier alpha value is -1.93. The zero-order valence-electron chi connectivity index (χ0n) is 13.4. The molecule has 2 fully saturated rings. The van der Waals surface area contributed by atoms with Crippen LogP contribution in [-0.4, -0.2) is 32.8 Å². The van der Waals surface area contributed by atoms with Crippen molar-refractivity contribution in [3.05, 3.63) is 47.1 Å². The maximum absolute atomic E-state index is 13.3. The highest BCUT2D eigenvalue weighted by Crippen LogP contribution is 2.41. The topological polar surface area (TPSA) is 62.4 Å². The zero-order chi connectivity index (χ0) is 17.6. The molecule has 0 radical (unpaired) electrons. The van der Waals surface area contributed by atoms with Crippen LogP contribution in [0.15, 0.2) is 28.8 Å². The molecular formula is C17H18F3N3O2. The molecule has 2 aromatic rings. The van der Waals surface area contributed by atoms with Gasteiger partial charge in [0.15, 0.2) is 5.82 Å². The summed E-state index contributed by atoms with van der Waals surface area (Å²) in [6.45, 7) is 0.506. The summed E-state index contributed by atoms with van der Waals surface area (Å²) in [6.07, 6.45) is -2.78. The second-order valence-corrected chi connectivity index (χ2v) is 6.74. The standard InChI is InChI=1S/C17H18F3N3O2/c18-17(19,20)13-4-2-1-3-12(13)14-7-11(24)8-23(14)9-15-21-16(22-25-15)10-5-6-10/h1-4,10-11,14,24H,5-9H2. The number of rotatable bonds is 4. The number of aromatic nitrogens is 2. The van der Waals surface area contributed by atoms with Gasteiger partial charge in [-0.25, -0.2) is 0 Å². The van der Waals surface area contributed by atoms with E-state index in [9.17, 15) is 18.3 Å². The van der Waals surface area contributed by atoms with Crippen LogP contribution in [0.25, 0.3) is 0 Å². The number of halogens is 3. The third-order valence-corrected chi connectivity index (χ3v) is 4.77. The lowest BCUT2D eigenvalue weighted by Crippen LogP contribution is -2.26. The van der Waals surface area contributed by atoms with E-state index < -0.39 is 23.9 Å². The van der Waals surface area contributed by atoms with Crippen LogP contribution in [0.4, 0.5) is 13.2 Å². The Balaban J connectivity index is 1.59. The fourth-order valence-electron chi connectivity index (χ4n) is 3.44. The number of alkyl halides is 3. The lowest BCUT2D eigenvalue weighted by molar-refractivity contribution is -0.138. The minimum Gasteiger partial charge on any atom is -0.392 e. The summed E-state index contributed by atoms with van der Waals surface area (Å²) in [4.78, 5) is 6.11. The van der Waals surface area contributed by atoms with Crippen molar-refractivity contribution < 1.29 is 22.8 Å². The van der Waals surface area contributed by atoms with Gasteiger partial charge in [-0.05, 0) is 30.9 Å². The molecule has 2 unspecified atom stereocenters. The molecule has 2 aliphatic rings. The van der Waals surface area contributed by atoms with Gasteiger partial charge in [-0.3, -0.25) is 4.90 Å². The lowest BCUT2D eigenvalue weighted by atomic mass is 9.97. The Labute approximate surface area is 142 Å². The maximum atomic E-state index is 13.3. The highest BCUT2D eigenvalue weighted by atomic mass is 19.4. The van der Waals surface area contributed by atoms with Crippen molar-refractivity contribution in [1.82, 2.24) is 15.0 Å². The van der Waals surface area contributed by atoms with Gasteiger partial charge >= 0.3 is 6.18 Å². The third kappa shape index (κ3) is 3.41. The van der Waals surface area contributed by atoms with Crippen LogP contribution in [-0.2, 0) is 12.7 Å². The Morgan fingerprint density at radius 1 is 1.24 bits per heavy atom. The summed E-state index contributed by atoms with van der Waals surface area (Å²) < 4.78 is 45.2. The number of aliphatic hydroxyl groups excluding tert-OH is 1. The van der Waals surface area contributed by atoms with Crippen LogP contribution < -0.4 is 0 Å². The Morgan fingerprint density at radius 3 is 2.72 bits per heavy atom. The number of aliphatic hydroxyl groups is 1. The average Bonchev–Trinajstić information content (AvgIpc) is 3.20. The molecule has 8 heteroatoms. The van der Waals surface area contributed by atoms with Gasteiger partial charge in [0, 0.05) is 18.5 Å². The van der Waals surface area contributed by atoms with Crippen molar-refractivity contribution in [2.24, 2.45) is 0 Å². The molecule has 1 N–H and O–H groups in total. The van der Waals surface area contributed by atoms with Crippen molar-refractivity contribution in [3.63, 3.8) is 0 Å². The quantitative estimate of drug-likeness (QED) is 0.914. The van der Waals surface area contributed by atoms with Crippen LogP contribution in [0.5, 0.6) is 0 Å². The van der Waals surface area contributed by atoms with Gasteiger partial charge in [0.1, 0.15) is 0 Å². The second-order valence-electron chi connectivity index (χ2n) is 6.74. The van der Waals surface area contributed by atoms with E-state index in [0.29, 0.717) is 17.6 Å². The summed E-state index contributed by atoms with van der Waals surface area (Å²) in [6, 6.07) is 4.98. The van der Waals surface area contributed by atoms with Gasteiger partial charge in [-0.1, -0.05) is 23.4 Å². The largest absolute Gasteiger partial charge is 0.416 e. The number of nitrogens with zero attached hydrogens (tertiary/aromatic N) is 3. The Bertz CT molecular complexity index is 758. The number of benzene rings is 1. The molecule has 5 nitrogen and oxygen atoms in total. The van der Waals surface area contributed by atoms with E-state index in [-0.39, 0.29) is 25.1 Å². The van der Waals surface area contributed by atoms with Crippen molar-refractivity contribution in [1.29, 1.82) is 0 Å². The minimum atomic E-state index is -4.43. The van der Waals surface area contributed by atoms with Crippen molar-refractivity contribution in [2.45, 2.75) is 50.0 Å². The summed E-state index contributed by atoms with van der Waals surface area (Å²) in [7, 11) is 0. The monoisotopic (exact) mass is 353 g/mol. The first-order valence-electron chi connectivity index (χ1n) is 8.32. The van der Waals surface area contributed by atoms with Crippen LogP contribution in [0.3, 0.4) is 0 Å². The molecule has 0 bridgehead atoms. The normalized spacial score (nSPS) is 24.8. The fraction of sp³-hybridized carbons (Fsp3) is 0.529. The fourth-order valence-corrected chi connectivity index (χ4v) is 3.44. The molecule has 25 heavy (non-hydrogen) atoms. The van der Waals surface area contributed by atoms with Crippen molar-refractivity contribution in [3.8, 4) is 0 Å². The third-order valence-electron chi connectivity index (χ3n) is 4.77. The first kappa shape index (κ1) is 16.5. The number of hydrogen-bond acceptors (Lipinski definition) is 5. The van der Waals surface area contributed by atoms with Crippen LogP contribution in [0.1, 0.15) is 54.1 Å². The maximum Gasteiger partial charge on any atom is 0.416 e. The first-order chi connectivity index (χ1) is 11.9. The molecule has 0 amide bonds. The highest BCUT2D eigenvalue weighted by molar-refractivity contribution is 5.33. The van der Waals surface area contributed by atoms with Crippen LogP contribution in [0.2, 0.25) is 0 Å².